The van der Waals surface area contributed by atoms with Crippen molar-refractivity contribution in [3.63, 3.8) is 0 Å². The molecule has 2 amide bonds. The first-order valence-electron chi connectivity index (χ1n) is 11.1. The fourth-order valence-corrected chi connectivity index (χ4v) is 4.12. The van der Waals surface area contributed by atoms with Gasteiger partial charge in [-0.25, -0.2) is 0 Å². The Hall–Kier alpha value is -2.54. The van der Waals surface area contributed by atoms with Crippen molar-refractivity contribution in [2.45, 2.75) is 51.4 Å². The summed E-state index contributed by atoms with van der Waals surface area (Å²) in [4.78, 5) is 57.6. The van der Waals surface area contributed by atoms with Gasteiger partial charge in [-0.3, -0.25) is 24.0 Å². The zero-order valence-electron chi connectivity index (χ0n) is 18.2. The molecule has 0 bridgehead atoms. The van der Waals surface area contributed by atoms with E-state index < -0.39 is 0 Å². The summed E-state index contributed by atoms with van der Waals surface area (Å²) in [5.41, 5.74) is 1.53. The molecule has 1 aromatic carbocycles. The van der Waals surface area contributed by atoms with E-state index in [0.29, 0.717) is 68.4 Å². The minimum Gasteiger partial charge on any atom is -0.356 e. The number of halogens is 1. The van der Waals surface area contributed by atoms with E-state index in [-0.39, 0.29) is 29.4 Å². The van der Waals surface area contributed by atoms with Gasteiger partial charge in [0, 0.05) is 43.0 Å². The highest BCUT2D eigenvalue weighted by atomic mass is 35.5. The van der Waals surface area contributed by atoms with Gasteiger partial charge in [0.1, 0.15) is 11.7 Å². The van der Waals surface area contributed by atoms with Crippen molar-refractivity contribution in [2.75, 3.05) is 19.0 Å². The van der Waals surface area contributed by atoms with Crippen LogP contribution in [0.1, 0.15) is 71.2 Å². The Morgan fingerprint density at radius 2 is 1.66 bits per heavy atom. The lowest BCUT2D eigenvalue weighted by atomic mass is 9.79. The Morgan fingerprint density at radius 1 is 0.938 bits per heavy atom. The number of carbonyl (C=O) groups excluding carboxylic acids is 5. The number of aldehydes is 2. The summed E-state index contributed by atoms with van der Waals surface area (Å²) in [6.45, 7) is 1.07. The minimum absolute atomic E-state index is 0.0469. The van der Waals surface area contributed by atoms with Crippen molar-refractivity contribution >= 4 is 41.8 Å². The van der Waals surface area contributed by atoms with Crippen LogP contribution in [0, 0.1) is 11.8 Å². The predicted molar refractivity (Wildman–Crippen MR) is 122 cm³/mol. The van der Waals surface area contributed by atoms with Crippen LogP contribution >= 0.6 is 11.6 Å². The third-order valence-corrected chi connectivity index (χ3v) is 6.22. The number of rotatable bonds is 13. The standard InChI is InChI=1S/C24H31ClN2O5/c25-13-24(32)26-11-1-2-22(30)19-7-4-18(5-8-19)14-27-23(31)10-6-17-3-9-20(15-28)21(12-17)16-29/h3,9,12,15-16,18-19H,1-2,4-8,10-11,13-14H2,(H,26,32)(H,27,31). The van der Waals surface area contributed by atoms with Crippen LogP contribution in [-0.2, 0) is 20.8 Å². The van der Waals surface area contributed by atoms with Crippen LogP contribution in [0.15, 0.2) is 18.2 Å². The zero-order valence-corrected chi connectivity index (χ0v) is 19.0. The lowest BCUT2D eigenvalue weighted by molar-refractivity contribution is -0.125. The number of amides is 2. The summed E-state index contributed by atoms with van der Waals surface area (Å²) < 4.78 is 0. The Kier molecular flexibility index (Phi) is 11.1. The molecule has 0 atom stereocenters. The normalized spacial score (nSPS) is 17.9. The molecule has 2 N–H and O–H groups in total. The number of hydrogen-bond acceptors (Lipinski definition) is 5. The molecule has 1 aromatic rings. The van der Waals surface area contributed by atoms with Gasteiger partial charge in [-0.05, 0) is 56.1 Å². The molecule has 0 heterocycles. The molecule has 0 spiro atoms. The molecular weight excluding hydrogens is 432 g/mol. The van der Waals surface area contributed by atoms with Crippen LogP contribution in [0.3, 0.4) is 0 Å². The van der Waals surface area contributed by atoms with E-state index >= 15 is 0 Å². The summed E-state index contributed by atoms with van der Waals surface area (Å²) in [7, 11) is 0. The second kappa shape index (κ2) is 13.8. The number of Topliss-reactive ketones (excluding diaryl/α,β-unsaturated/α-hetero) is 1. The maximum atomic E-state index is 12.3. The summed E-state index contributed by atoms with van der Waals surface area (Å²) >= 11 is 5.41. The maximum absolute atomic E-state index is 12.3. The molecule has 1 saturated carbocycles. The van der Waals surface area contributed by atoms with Gasteiger partial charge in [-0.15, -0.1) is 11.6 Å². The first-order chi connectivity index (χ1) is 15.5. The molecule has 1 fully saturated rings. The Labute approximate surface area is 193 Å². The summed E-state index contributed by atoms with van der Waals surface area (Å²) in [5.74, 6) is 0.372. The van der Waals surface area contributed by atoms with Gasteiger partial charge < -0.3 is 10.6 Å². The molecule has 1 aliphatic rings. The van der Waals surface area contributed by atoms with E-state index in [4.69, 9.17) is 11.6 Å². The smallest absolute Gasteiger partial charge is 0.234 e. The number of nitrogens with one attached hydrogen (secondary N) is 2. The van der Waals surface area contributed by atoms with Crippen LogP contribution in [0.5, 0.6) is 0 Å². The van der Waals surface area contributed by atoms with Crippen LogP contribution in [0.25, 0.3) is 0 Å². The van der Waals surface area contributed by atoms with Crippen LogP contribution < -0.4 is 10.6 Å². The van der Waals surface area contributed by atoms with Gasteiger partial charge in [0.15, 0.2) is 12.6 Å². The first-order valence-corrected chi connectivity index (χ1v) is 11.7. The lowest BCUT2D eigenvalue weighted by Gasteiger charge is -2.27. The summed E-state index contributed by atoms with van der Waals surface area (Å²) in [6, 6.07) is 5.00. The van der Waals surface area contributed by atoms with Gasteiger partial charge in [0.25, 0.3) is 0 Å². The molecule has 0 unspecified atom stereocenters. The predicted octanol–water partition coefficient (Wildman–Crippen LogP) is 2.87. The highest BCUT2D eigenvalue weighted by Crippen LogP contribution is 2.30. The van der Waals surface area contributed by atoms with Crippen molar-refractivity contribution in [2.24, 2.45) is 11.8 Å². The van der Waals surface area contributed by atoms with Gasteiger partial charge >= 0.3 is 0 Å². The number of ketones is 1. The van der Waals surface area contributed by atoms with E-state index in [2.05, 4.69) is 10.6 Å². The second-order valence-electron chi connectivity index (χ2n) is 8.27. The van der Waals surface area contributed by atoms with E-state index in [1.807, 2.05) is 0 Å². The van der Waals surface area contributed by atoms with Gasteiger partial charge in [-0.1, -0.05) is 12.1 Å². The first kappa shape index (κ1) is 25.7. The van der Waals surface area contributed by atoms with Crippen molar-refractivity contribution < 1.29 is 24.0 Å². The summed E-state index contributed by atoms with van der Waals surface area (Å²) in [6.07, 6.45) is 6.70. The molecule has 7 nitrogen and oxygen atoms in total. The van der Waals surface area contributed by atoms with Crippen molar-refractivity contribution in [1.29, 1.82) is 0 Å². The van der Waals surface area contributed by atoms with Crippen LogP contribution in [-0.4, -0.2) is 49.1 Å². The van der Waals surface area contributed by atoms with E-state index in [0.717, 1.165) is 31.2 Å². The Bertz CT molecular complexity index is 819. The van der Waals surface area contributed by atoms with Crippen molar-refractivity contribution in [3.8, 4) is 0 Å². The second-order valence-corrected chi connectivity index (χ2v) is 8.54. The number of hydrogen-bond donors (Lipinski definition) is 2. The van der Waals surface area contributed by atoms with Gasteiger partial charge in [-0.2, -0.15) is 0 Å². The highest BCUT2D eigenvalue weighted by Gasteiger charge is 2.26. The highest BCUT2D eigenvalue weighted by molar-refractivity contribution is 6.27. The van der Waals surface area contributed by atoms with Crippen LogP contribution in [0.4, 0.5) is 0 Å². The number of alkyl halides is 1. The lowest BCUT2D eigenvalue weighted by Crippen LogP contribution is -2.32. The molecule has 1 aliphatic carbocycles. The average molecular weight is 463 g/mol. The molecule has 0 aromatic heterocycles. The SMILES string of the molecule is O=Cc1ccc(CCC(=O)NCC2CCC(C(=O)CCCNC(=O)CCl)CC2)cc1C=O. The Morgan fingerprint density at radius 3 is 2.31 bits per heavy atom. The molecule has 174 valence electrons. The number of aryl methyl sites for hydroxylation is 1. The maximum Gasteiger partial charge on any atom is 0.234 e. The molecule has 0 radical (unpaired) electrons. The monoisotopic (exact) mass is 462 g/mol. The van der Waals surface area contributed by atoms with E-state index in [1.54, 1.807) is 18.2 Å². The number of benzene rings is 1. The van der Waals surface area contributed by atoms with Crippen molar-refractivity contribution in [1.82, 2.24) is 10.6 Å². The molecular formula is C24H31ClN2O5. The quantitative estimate of drug-likeness (QED) is 0.266. The molecule has 32 heavy (non-hydrogen) atoms. The van der Waals surface area contributed by atoms with Gasteiger partial charge in [0.05, 0.1) is 0 Å². The topological polar surface area (TPSA) is 109 Å². The molecule has 8 heteroatoms. The molecule has 2 rings (SSSR count). The summed E-state index contributed by atoms with van der Waals surface area (Å²) in [5, 5.41) is 5.64. The third-order valence-electron chi connectivity index (χ3n) is 5.98. The van der Waals surface area contributed by atoms with E-state index in [1.165, 1.54) is 0 Å². The minimum atomic E-state index is -0.219. The number of carbonyl (C=O) groups is 5. The van der Waals surface area contributed by atoms with Crippen LogP contribution in [0.2, 0.25) is 0 Å². The molecule has 0 saturated heterocycles. The fraction of sp³-hybridized carbons (Fsp3) is 0.542. The van der Waals surface area contributed by atoms with E-state index in [9.17, 15) is 24.0 Å². The zero-order chi connectivity index (χ0) is 23.3. The largest absolute Gasteiger partial charge is 0.356 e. The Balaban J connectivity index is 1.63. The average Bonchev–Trinajstić information content (AvgIpc) is 2.83. The third kappa shape index (κ3) is 8.54. The molecule has 0 aliphatic heterocycles. The fourth-order valence-electron chi connectivity index (χ4n) is 4.02. The van der Waals surface area contributed by atoms with Gasteiger partial charge in [0.2, 0.25) is 11.8 Å². The van der Waals surface area contributed by atoms with Crippen molar-refractivity contribution in [3.05, 3.63) is 34.9 Å².